The van der Waals surface area contributed by atoms with E-state index in [0.29, 0.717) is 0 Å². The number of halogens is 3. The minimum atomic E-state index is -4.52. The molecule has 24 heavy (non-hydrogen) atoms. The normalized spacial score (nSPS) is 11.4. The van der Waals surface area contributed by atoms with E-state index in [4.69, 9.17) is 5.11 Å². The summed E-state index contributed by atoms with van der Waals surface area (Å²) in [6, 6.07) is 5.50. The van der Waals surface area contributed by atoms with Crippen LogP contribution in [0.15, 0.2) is 35.1 Å². The second kappa shape index (κ2) is 6.83. The number of aliphatic hydroxyl groups is 1. The highest BCUT2D eigenvalue weighted by Gasteiger charge is 2.30. The molecule has 6 nitrogen and oxygen atoms in total. The Balaban J connectivity index is 2.51. The molecule has 0 saturated heterocycles. The van der Waals surface area contributed by atoms with Crippen LogP contribution in [0.3, 0.4) is 0 Å². The zero-order valence-electron chi connectivity index (χ0n) is 12.6. The Bertz CT molecular complexity index is 816. The van der Waals surface area contributed by atoms with Crippen molar-refractivity contribution in [1.82, 2.24) is 15.1 Å². The number of benzene rings is 1. The Kier molecular flexibility index (Phi) is 5.03. The molecule has 2 N–H and O–H groups in total. The highest BCUT2D eigenvalue weighted by atomic mass is 19.4. The van der Waals surface area contributed by atoms with Gasteiger partial charge in [-0.15, -0.1) is 0 Å². The van der Waals surface area contributed by atoms with Crippen molar-refractivity contribution >= 4 is 5.91 Å². The van der Waals surface area contributed by atoms with Crippen molar-refractivity contribution in [2.45, 2.75) is 13.1 Å². The van der Waals surface area contributed by atoms with Gasteiger partial charge in [-0.2, -0.15) is 18.3 Å². The van der Waals surface area contributed by atoms with Crippen LogP contribution in [0, 0.1) is 6.92 Å². The molecule has 1 aromatic carbocycles. The lowest BCUT2D eigenvalue weighted by molar-refractivity contribution is -0.137. The van der Waals surface area contributed by atoms with Crippen LogP contribution in [0.4, 0.5) is 13.2 Å². The molecule has 0 aliphatic carbocycles. The number of hydrogen-bond acceptors (Lipinski definition) is 4. The van der Waals surface area contributed by atoms with Gasteiger partial charge in [0, 0.05) is 18.3 Å². The molecule has 2 aromatic rings. The number of nitrogens with zero attached hydrogens (tertiary/aromatic N) is 2. The van der Waals surface area contributed by atoms with Gasteiger partial charge in [0.25, 0.3) is 5.91 Å². The summed E-state index contributed by atoms with van der Waals surface area (Å²) in [6.45, 7) is 1.10. The molecular formula is C15H14F3N3O3. The van der Waals surface area contributed by atoms with Crippen molar-refractivity contribution in [1.29, 1.82) is 0 Å². The number of hydrogen-bond donors (Lipinski definition) is 2. The molecule has 0 saturated carbocycles. The SMILES string of the molecule is Cc1cc(=O)c(C(=O)NCCO)nn1-c1cccc(C(F)(F)F)c1. The molecule has 0 bridgehead atoms. The molecule has 0 atom stereocenters. The predicted octanol–water partition coefficient (Wildman–Crippen LogP) is 1.28. The van der Waals surface area contributed by atoms with Crippen molar-refractivity contribution in [2.75, 3.05) is 13.2 Å². The second-order valence-corrected chi connectivity index (χ2v) is 4.94. The highest BCUT2D eigenvalue weighted by Crippen LogP contribution is 2.30. The Hall–Kier alpha value is -2.68. The van der Waals surface area contributed by atoms with Crippen LogP contribution >= 0.6 is 0 Å². The summed E-state index contributed by atoms with van der Waals surface area (Å²) < 4.78 is 39.6. The number of alkyl halides is 3. The molecule has 1 amide bonds. The summed E-state index contributed by atoms with van der Waals surface area (Å²) in [5.74, 6) is -0.810. The van der Waals surface area contributed by atoms with Gasteiger partial charge in [0.15, 0.2) is 5.69 Å². The van der Waals surface area contributed by atoms with Gasteiger partial charge in [-0.05, 0) is 25.1 Å². The maximum atomic E-state index is 12.8. The summed E-state index contributed by atoms with van der Waals surface area (Å²) >= 11 is 0. The van der Waals surface area contributed by atoms with Crippen molar-refractivity contribution in [3.05, 3.63) is 57.5 Å². The van der Waals surface area contributed by atoms with Crippen LogP contribution in [0.2, 0.25) is 0 Å². The van der Waals surface area contributed by atoms with Crippen molar-refractivity contribution in [3.63, 3.8) is 0 Å². The first kappa shape index (κ1) is 17.7. The van der Waals surface area contributed by atoms with Gasteiger partial charge in [0.05, 0.1) is 17.9 Å². The maximum absolute atomic E-state index is 12.8. The summed E-state index contributed by atoms with van der Waals surface area (Å²) in [5, 5.41) is 14.8. The van der Waals surface area contributed by atoms with E-state index in [1.54, 1.807) is 0 Å². The molecule has 0 fully saturated rings. The summed E-state index contributed by atoms with van der Waals surface area (Å²) in [7, 11) is 0. The van der Waals surface area contributed by atoms with Gasteiger partial charge in [0.1, 0.15) is 0 Å². The topological polar surface area (TPSA) is 84.2 Å². The third-order valence-corrected chi connectivity index (χ3v) is 3.14. The second-order valence-electron chi connectivity index (χ2n) is 4.94. The fourth-order valence-corrected chi connectivity index (χ4v) is 2.03. The number of carbonyl (C=O) groups excluding carboxylic acids is 1. The van der Waals surface area contributed by atoms with Crippen LogP contribution in [0.5, 0.6) is 0 Å². The van der Waals surface area contributed by atoms with E-state index in [9.17, 15) is 22.8 Å². The molecule has 0 spiro atoms. The number of aromatic nitrogens is 2. The third kappa shape index (κ3) is 3.80. The smallest absolute Gasteiger partial charge is 0.395 e. The molecule has 128 valence electrons. The van der Waals surface area contributed by atoms with Gasteiger partial charge in [-0.3, -0.25) is 9.59 Å². The van der Waals surface area contributed by atoms with E-state index in [2.05, 4.69) is 10.4 Å². The lowest BCUT2D eigenvalue weighted by Gasteiger charge is -2.13. The van der Waals surface area contributed by atoms with E-state index in [0.717, 1.165) is 22.9 Å². The average Bonchev–Trinajstić information content (AvgIpc) is 2.52. The van der Waals surface area contributed by atoms with Gasteiger partial charge < -0.3 is 10.4 Å². The summed E-state index contributed by atoms with van der Waals surface area (Å²) in [4.78, 5) is 23.7. The quantitative estimate of drug-likeness (QED) is 0.877. The number of aryl methyl sites for hydroxylation is 1. The van der Waals surface area contributed by atoms with Gasteiger partial charge in [-0.25, -0.2) is 4.68 Å². The minimum Gasteiger partial charge on any atom is -0.395 e. The molecule has 0 radical (unpaired) electrons. The predicted molar refractivity (Wildman–Crippen MR) is 79.0 cm³/mol. The average molecular weight is 341 g/mol. The standard InChI is InChI=1S/C15H14F3N3O3/c1-9-7-12(23)13(14(24)19-5-6-22)20-21(9)11-4-2-3-10(8-11)15(16,17)18/h2-4,7-8,22H,5-6H2,1H3,(H,19,24). The Morgan fingerprint density at radius 1 is 1.33 bits per heavy atom. The van der Waals surface area contributed by atoms with Crippen LogP contribution in [-0.2, 0) is 6.18 Å². The molecule has 2 rings (SSSR count). The molecular weight excluding hydrogens is 327 g/mol. The lowest BCUT2D eigenvalue weighted by atomic mass is 10.2. The van der Waals surface area contributed by atoms with Crippen LogP contribution in [0.25, 0.3) is 5.69 Å². The van der Waals surface area contributed by atoms with Gasteiger partial charge in [-0.1, -0.05) is 6.07 Å². The first-order valence-corrected chi connectivity index (χ1v) is 6.91. The van der Waals surface area contributed by atoms with Crippen LogP contribution in [0.1, 0.15) is 21.7 Å². The summed E-state index contributed by atoms with van der Waals surface area (Å²) in [5.41, 5.74) is -1.65. The first-order valence-electron chi connectivity index (χ1n) is 6.91. The number of amides is 1. The number of carbonyl (C=O) groups is 1. The third-order valence-electron chi connectivity index (χ3n) is 3.14. The molecule has 0 unspecified atom stereocenters. The van der Waals surface area contributed by atoms with Crippen LogP contribution in [-0.4, -0.2) is 33.9 Å². The first-order chi connectivity index (χ1) is 11.2. The minimum absolute atomic E-state index is 0.0681. The molecule has 9 heteroatoms. The number of aliphatic hydroxyl groups excluding tert-OH is 1. The van der Waals surface area contributed by atoms with Gasteiger partial charge in [0.2, 0.25) is 5.43 Å². The highest BCUT2D eigenvalue weighted by molar-refractivity contribution is 5.92. The number of rotatable bonds is 4. The zero-order chi connectivity index (χ0) is 17.9. The lowest BCUT2D eigenvalue weighted by Crippen LogP contribution is -2.33. The summed E-state index contributed by atoms with van der Waals surface area (Å²) in [6.07, 6.45) is -4.52. The monoisotopic (exact) mass is 341 g/mol. The van der Waals surface area contributed by atoms with E-state index in [1.165, 1.54) is 19.1 Å². The van der Waals surface area contributed by atoms with E-state index in [-0.39, 0.29) is 24.5 Å². The van der Waals surface area contributed by atoms with Crippen LogP contribution < -0.4 is 10.7 Å². The van der Waals surface area contributed by atoms with E-state index >= 15 is 0 Å². The van der Waals surface area contributed by atoms with Gasteiger partial charge >= 0.3 is 6.18 Å². The molecule has 1 aromatic heterocycles. The van der Waals surface area contributed by atoms with Crippen molar-refractivity contribution < 1.29 is 23.1 Å². The molecule has 1 heterocycles. The van der Waals surface area contributed by atoms with E-state index in [1.807, 2.05) is 0 Å². The largest absolute Gasteiger partial charge is 0.416 e. The number of nitrogens with one attached hydrogen (secondary N) is 1. The zero-order valence-corrected chi connectivity index (χ0v) is 12.6. The fourth-order valence-electron chi connectivity index (χ4n) is 2.03. The Morgan fingerprint density at radius 2 is 2.04 bits per heavy atom. The molecule has 0 aliphatic heterocycles. The van der Waals surface area contributed by atoms with Crippen molar-refractivity contribution in [2.24, 2.45) is 0 Å². The Morgan fingerprint density at radius 3 is 2.67 bits per heavy atom. The Labute approximate surface area is 134 Å². The van der Waals surface area contributed by atoms with Crippen molar-refractivity contribution in [3.8, 4) is 5.69 Å². The molecule has 0 aliphatic rings. The fraction of sp³-hybridized carbons (Fsp3) is 0.267. The van der Waals surface area contributed by atoms with E-state index < -0.39 is 28.8 Å². The maximum Gasteiger partial charge on any atom is 0.416 e.